The van der Waals surface area contributed by atoms with E-state index in [-0.39, 0.29) is 10.8 Å². The molecule has 5 nitrogen and oxygen atoms in total. The van der Waals surface area contributed by atoms with Gasteiger partial charge in [0.2, 0.25) is 11.9 Å². The average molecular weight is 1010 g/mol. The maximum absolute atomic E-state index is 5.95. The first-order chi connectivity index (χ1) is 38.0. The Kier molecular flexibility index (Phi) is 9.47. The van der Waals surface area contributed by atoms with Crippen molar-refractivity contribution in [3.63, 3.8) is 0 Å². The highest BCUT2D eigenvalue weighted by Gasteiger charge is 2.70. The molecule has 2 aliphatic heterocycles. The predicted molar refractivity (Wildman–Crippen MR) is 314 cm³/mol. The number of rotatable bonds is 7. The molecule has 6 heteroatoms. The largest absolute Gasteiger partial charge is 0.278 e. The molecule has 77 heavy (non-hydrogen) atoms. The minimum atomic E-state index is -3.09. The van der Waals surface area contributed by atoms with Crippen LogP contribution in [-0.4, -0.2) is 23.0 Å². The molecule has 3 spiro atoms. The summed E-state index contributed by atoms with van der Waals surface area (Å²) in [5.41, 5.74) is 12.0. The molecule has 9 aliphatic rings. The van der Waals surface area contributed by atoms with Gasteiger partial charge in [-0.15, -0.1) is 0 Å². The molecule has 7 fully saturated rings. The van der Waals surface area contributed by atoms with Crippen LogP contribution in [0.2, 0.25) is 0 Å². The van der Waals surface area contributed by atoms with Gasteiger partial charge in [0, 0.05) is 16.4 Å². The highest BCUT2D eigenvalue weighted by molar-refractivity contribution is 7.20. The molecule has 0 saturated heterocycles. The molecule has 7 saturated carbocycles. The summed E-state index contributed by atoms with van der Waals surface area (Å²) in [4.78, 5) is 22.7. The van der Waals surface area contributed by atoms with Gasteiger partial charge in [0.05, 0.1) is 22.7 Å². The van der Waals surface area contributed by atoms with Crippen LogP contribution in [0.25, 0.3) is 11.4 Å². The fraction of sp³-hybridized carbons (Fsp3) is 0.282. The van der Waals surface area contributed by atoms with E-state index in [1.54, 1.807) is 0 Å². The summed E-state index contributed by atoms with van der Waals surface area (Å²) in [6, 6.07) is 80.6. The monoisotopic (exact) mass is 1010 g/mol. The Hall–Kier alpha value is -7.41. The van der Waals surface area contributed by atoms with Gasteiger partial charge >= 0.3 is 0 Å². The Morgan fingerprint density at radius 2 is 0.779 bits per heavy atom. The van der Waals surface area contributed by atoms with E-state index in [9.17, 15) is 0 Å². The van der Waals surface area contributed by atoms with Crippen LogP contribution in [-0.2, 0) is 10.8 Å². The van der Waals surface area contributed by atoms with Crippen LogP contribution >= 0.6 is 0 Å². The van der Waals surface area contributed by atoms with Gasteiger partial charge in [-0.1, -0.05) is 195 Å². The first kappa shape index (κ1) is 44.7. The number of fused-ring (bicyclic) bond motifs is 8. The van der Waals surface area contributed by atoms with Crippen LogP contribution in [0.3, 0.4) is 0 Å². The SMILES string of the molecule is CC1CC23CC2CC(C3)C12c1ccccc1N(c1nc(-c3ccccc3[Si](c3ccccc3)(c3ccccc3)c3ccccc3)nc(N3c4ccccc4C4(c5ccccc53)C3CC5CC(C3)CC4C5)n1)c1ccccc12. The zero-order valence-electron chi connectivity index (χ0n) is 43.8. The van der Waals surface area contributed by atoms with Gasteiger partial charge < -0.3 is 0 Å². The molecule has 3 heterocycles. The average Bonchev–Trinajstić information content (AvgIpc) is 4.17. The Balaban J connectivity index is 0.947. The second-order valence-electron chi connectivity index (χ2n) is 24.9. The minimum absolute atomic E-state index is 0.0518. The summed E-state index contributed by atoms with van der Waals surface area (Å²) in [5, 5.41) is 5.20. The van der Waals surface area contributed by atoms with Gasteiger partial charge in [0.25, 0.3) is 0 Å². The Bertz CT molecular complexity index is 3470. The van der Waals surface area contributed by atoms with Gasteiger partial charge in [-0.05, 0) is 172 Å². The third-order valence-electron chi connectivity index (χ3n) is 21.7. The second-order valence-corrected chi connectivity index (χ2v) is 28.7. The van der Waals surface area contributed by atoms with Crippen molar-refractivity contribution in [3.05, 3.63) is 235 Å². The lowest BCUT2D eigenvalue weighted by atomic mass is 9.41. The topological polar surface area (TPSA) is 45.2 Å². The number of nitrogens with zero attached hydrogens (tertiary/aromatic N) is 5. The van der Waals surface area contributed by atoms with Crippen molar-refractivity contribution in [2.45, 2.75) is 75.5 Å². The van der Waals surface area contributed by atoms with E-state index in [1.165, 1.54) is 124 Å². The van der Waals surface area contributed by atoms with Crippen LogP contribution in [0.5, 0.6) is 0 Å². The summed E-state index contributed by atoms with van der Waals surface area (Å²) in [6.45, 7) is 2.58. The van der Waals surface area contributed by atoms with E-state index in [4.69, 9.17) is 15.0 Å². The van der Waals surface area contributed by atoms with E-state index in [0.717, 1.165) is 23.3 Å². The van der Waals surface area contributed by atoms with Crippen LogP contribution < -0.4 is 30.5 Å². The molecule has 1 aromatic heterocycles. The lowest BCUT2D eigenvalue weighted by molar-refractivity contribution is -0.0419. The zero-order chi connectivity index (χ0) is 50.7. The van der Waals surface area contributed by atoms with Crippen molar-refractivity contribution in [1.82, 2.24) is 15.0 Å². The molecule has 4 atom stereocenters. The Labute approximate surface area is 454 Å². The molecular formula is C71H63N5Si. The highest BCUT2D eigenvalue weighted by atomic mass is 28.3. The summed E-state index contributed by atoms with van der Waals surface area (Å²) in [7, 11) is -3.09. The number of benzene rings is 8. The van der Waals surface area contributed by atoms with Crippen LogP contribution in [0.15, 0.2) is 212 Å². The maximum Gasteiger partial charge on any atom is 0.240 e. The first-order valence-corrected chi connectivity index (χ1v) is 31.0. The molecule has 0 N–H and O–H groups in total. The van der Waals surface area contributed by atoms with Gasteiger partial charge in [0.1, 0.15) is 0 Å². The molecule has 8 aromatic carbocycles. The molecule has 9 aromatic rings. The van der Waals surface area contributed by atoms with Gasteiger partial charge in [0.15, 0.2) is 13.9 Å². The first-order valence-electron chi connectivity index (χ1n) is 29.0. The van der Waals surface area contributed by atoms with Gasteiger partial charge in [-0.2, -0.15) is 15.0 Å². The second kappa shape index (κ2) is 16.3. The maximum atomic E-state index is 5.95. The van der Waals surface area contributed by atoms with Crippen molar-refractivity contribution in [3.8, 4) is 11.4 Å². The molecule has 4 unspecified atom stereocenters. The van der Waals surface area contributed by atoms with Gasteiger partial charge in [-0.3, -0.25) is 9.80 Å². The summed E-state index contributed by atoms with van der Waals surface area (Å²) < 4.78 is 0. The van der Waals surface area contributed by atoms with Crippen molar-refractivity contribution in [2.24, 2.45) is 46.8 Å². The molecule has 0 radical (unpaired) electrons. The van der Waals surface area contributed by atoms with Gasteiger partial charge in [-0.25, -0.2) is 0 Å². The standard InChI is InChI=1S/C71H63N5Si/c1-46-43-69-44-51(69)42-52(45-69)70(46)57-28-12-16-32-61(57)75(62-33-17-13-29-58(62)70)67-72-66(56-27-11-20-36-65(56)77(53-21-5-2-6-22-53,54-23-7-3-8-24-54)55-25-9-4-10-26-55)73-68(74-67)76-63-34-18-14-30-59(63)71(60-31-15-19-35-64(60)76)49-38-47-37-48(40-49)41-50(71)39-47/h2-36,46-52H,37-45H2,1H3. The fourth-order valence-corrected chi connectivity index (χ4v) is 24.3. The van der Waals surface area contributed by atoms with Crippen molar-refractivity contribution < 1.29 is 0 Å². The fourth-order valence-electron chi connectivity index (χ4n) is 19.3. The third kappa shape index (κ3) is 5.92. The van der Waals surface area contributed by atoms with Crippen molar-refractivity contribution >= 4 is 63.5 Å². The van der Waals surface area contributed by atoms with Crippen molar-refractivity contribution in [2.75, 3.05) is 9.80 Å². The Morgan fingerprint density at radius 3 is 1.26 bits per heavy atom. The van der Waals surface area contributed by atoms with Crippen LogP contribution in [0.1, 0.15) is 87.0 Å². The zero-order valence-corrected chi connectivity index (χ0v) is 44.8. The Morgan fingerprint density at radius 1 is 0.377 bits per heavy atom. The van der Waals surface area contributed by atoms with E-state index >= 15 is 0 Å². The van der Waals surface area contributed by atoms with E-state index in [0.29, 0.717) is 46.8 Å². The summed E-state index contributed by atoms with van der Waals surface area (Å²) in [6.07, 6.45) is 12.1. The molecule has 6 bridgehead atoms. The van der Waals surface area contributed by atoms with E-state index in [1.807, 2.05) is 0 Å². The summed E-state index contributed by atoms with van der Waals surface area (Å²) >= 11 is 0. The van der Waals surface area contributed by atoms with E-state index in [2.05, 4.69) is 229 Å². The summed E-state index contributed by atoms with van der Waals surface area (Å²) in [5.74, 6) is 6.88. The quantitative estimate of drug-likeness (QED) is 0.118. The van der Waals surface area contributed by atoms with Crippen molar-refractivity contribution in [1.29, 1.82) is 0 Å². The molecule has 7 aliphatic carbocycles. The molecule has 0 amide bonds. The number of para-hydroxylation sites is 4. The number of aromatic nitrogens is 3. The van der Waals surface area contributed by atoms with Crippen LogP contribution in [0, 0.1) is 46.8 Å². The number of hydrogen-bond donors (Lipinski definition) is 0. The third-order valence-corrected chi connectivity index (χ3v) is 26.5. The number of anilines is 6. The normalized spacial score (nSPS) is 26.9. The smallest absolute Gasteiger partial charge is 0.240 e. The van der Waals surface area contributed by atoms with E-state index < -0.39 is 8.07 Å². The predicted octanol–water partition coefficient (Wildman–Crippen LogP) is 14.0. The lowest BCUT2D eigenvalue weighted by Gasteiger charge is -2.64. The molecule has 18 rings (SSSR count). The molecule has 376 valence electrons. The van der Waals surface area contributed by atoms with Crippen LogP contribution in [0.4, 0.5) is 34.6 Å². The minimum Gasteiger partial charge on any atom is -0.278 e. The lowest BCUT2D eigenvalue weighted by Crippen LogP contribution is -2.75. The highest BCUT2D eigenvalue weighted by Crippen LogP contribution is 2.78. The number of hydrogen-bond acceptors (Lipinski definition) is 5. The molecular weight excluding hydrogens is 951 g/mol.